The molecule has 0 aliphatic rings. The van der Waals surface area contributed by atoms with Crippen molar-refractivity contribution < 1.29 is 0 Å². The molecule has 0 saturated carbocycles. The van der Waals surface area contributed by atoms with Gasteiger partial charge in [0.2, 0.25) is 0 Å². The topological polar surface area (TPSA) is 63.8 Å². The molecule has 1 heterocycles. The highest BCUT2D eigenvalue weighted by Gasteiger charge is 2.13. The van der Waals surface area contributed by atoms with Crippen LogP contribution >= 0.6 is 11.6 Å². The molecule has 3 N–H and O–H groups in total. The zero-order valence-corrected chi connectivity index (χ0v) is 9.93. The number of rotatable bonds is 4. The lowest BCUT2D eigenvalue weighted by molar-refractivity contribution is 0.536. The normalized spacial score (nSPS) is 12.4. The Kier molecular flexibility index (Phi) is 4.03. The number of hydrogen-bond donors (Lipinski definition) is 2. The van der Waals surface area contributed by atoms with Crippen LogP contribution in [0.4, 0.5) is 0 Å². The first-order chi connectivity index (χ1) is 8.31. The monoisotopic (exact) mass is 248 g/mol. The van der Waals surface area contributed by atoms with Gasteiger partial charge < -0.3 is 0 Å². The summed E-state index contributed by atoms with van der Waals surface area (Å²) in [5, 5.41) is 0.733. The predicted octanol–water partition coefficient (Wildman–Crippen LogP) is 1.88. The predicted molar refractivity (Wildman–Crippen MR) is 67.3 cm³/mol. The van der Waals surface area contributed by atoms with Gasteiger partial charge in [0, 0.05) is 17.4 Å². The minimum Gasteiger partial charge on any atom is -0.271 e. The number of hydrogen-bond acceptors (Lipinski definition) is 4. The van der Waals surface area contributed by atoms with Gasteiger partial charge in [-0.25, -0.2) is 0 Å². The lowest BCUT2D eigenvalue weighted by Crippen LogP contribution is -2.30. The fourth-order valence-corrected chi connectivity index (χ4v) is 1.84. The molecule has 1 atom stereocenters. The van der Waals surface area contributed by atoms with Crippen LogP contribution in [0.2, 0.25) is 5.02 Å². The number of halogens is 1. The van der Waals surface area contributed by atoms with Crippen LogP contribution in [-0.4, -0.2) is 9.97 Å². The van der Waals surface area contributed by atoms with Gasteiger partial charge in [0.25, 0.3) is 0 Å². The van der Waals surface area contributed by atoms with Crippen molar-refractivity contribution in [1.82, 2.24) is 15.4 Å². The van der Waals surface area contributed by atoms with E-state index in [2.05, 4.69) is 15.4 Å². The molecule has 88 valence electrons. The number of hydrazine groups is 1. The summed E-state index contributed by atoms with van der Waals surface area (Å²) < 4.78 is 0. The standard InChI is InChI=1S/C12H13ClN4/c13-10-4-2-1-3-9(10)7-11(17-14)12-8-15-5-6-16-12/h1-6,8,11,17H,7,14H2. The summed E-state index contributed by atoms with van der Waals surface area (Å²) in [5.41, 5.74) is 4.56. The quantitative estimate of drug-likeness (QED) is 0.641. The average Bonchev–Trinajstić information content (AvgIpc) is 2.39. The second kappa shape index (κ2) is 5.72. The smallest absolute Gasteiger partial charge is 0.0772 e. The molecule has 0 amide bonds. The zero-order chi connectivity index (χ0) is 12.1. The van der Waals surface area contributed by atoms with Gasteiger partial charge in [-0.3, -0.25) is 21.2 Å². The molecule has 0 fully saturated rings. The van der Waals surface area contributed by atoms with E-state index in [1.54, 1.807) is 18.6 Å². The van der Waals surface area contributed by atoms with Crippen molar-refractivity contribution in [2.24, 2.45) is 5.84 Å². The van der Waals surface area contributed by atoms with Crippen LogP contribution in [0.1, 0.15) is 17.3 Å². The molecule has 17 heavy (non-hydrogen) atoms. The first-order valence-electron chi connectivity index (χ1n) is 5.26. The van der Waals surface area contributed by atoms with Gasteiger partial charge in [-0.15, -0.1) is 0 Å². The first kappa shape index (κ1) is 12.0. The Morgan fingerprint density at radius 1 is 1.29 bits per heavy atom. The zero-order valence-electron chi connectivity index (χ0n) is 9.18. The minimum absolute atomic E-state index is 0.0939. The van der Waals surface area contributed by atoms with Gasteiger partial charge in [0.05, 0.1) is 17.9 Å². The van der Waals surface area contributed by atoms with E-state index in [-0.39, 0.29) is 6.04 Å². The van der Waals surface area contributed by atoms with Crippen LogP contribution in [0.15, 0.2) is 42.9 Å². The molecule has 4 nitrogen and oxygen atoms in total. The molecule has 1 aromatic heterocycles. The maximum Gasteiger partial charge on any atom is 0.0772 e. The van der Waals surface area contributed by atoms with Crippen LogP contribution < -0.4 is 11.3 Å². The third kappa shape index (κ3) is 3.00. The maximum atomic E-state index is 6.11. The minimum atomic E-state index is -0.0939. The van der Waals surface area contributed by atoms with Crippen LogP contribution in [0, 0.1) is 0 Å². The molecular formula is C12H13ClN4. The summed E-state index contributed by atoms with van der Waals surface area (Å²) >= 11 is 6.11. The van der Waals surface area contributed by atoms with Gasteiger partial charge in [-0.2, -0.15) is 0 Å². The van der Waals surface area contributed by atoms with Crippen molar-refractivity contribution in [2.75, 3.05) is 0 Å². The lowest BCUT2D eigenvalue weighted by Gasteiger charge is -2.15. The third-order valence-corrected chi connectivity index (χ3v) is 2.89. The van der Waals surface area contributed by atoms with E-state index >= 15 is 0 Å². The fraction of sp³-hybridized carbons (Fsp3) is 0.167. The Morgan fingerprint density at radius 3 is 2.76 bits per heavy atom. The highest BCUT2D eigenvalue weighted by molar-refractivity contribution is 6.31. The lowest BCUT2D eigenvalue weighted by atomic mass is 10.0. The second-order valence-electron chi connectivity index (χ2n) is 3.65. The van der Waals surface area contributed by atoms with E-state index in [0.717, 1.165) is 16.3 Å². The second-order valence-corrected chi connectivity index (χ2v) is 4.05. The SMILES string of the molecule is NNC(Cc1ccccc1Cl)c1cnccn1. The highest BCUT2D eigenvalue weighted by Crippen LogP contribution is 2.21. The number of benzene rings is 1. The van der Waals surface area contributed by atoms with E-state index in [0.29, 0.717) is 6.42 Å². The summed E-state index contributed by atoms with van der Waals surface area (Å²) in [6.07, 6.45) is 5.65. The molecule has 0 spiro atoms. The summed E-state index contributed by atoms with van der Waals surface area (Å²) in [4.78, 5) is 8.25. The van der Waals surface area contributed by atoms with Crippen molar-refractivity contribution in [2.45, 2.75) is 12.5 Å². The van der Waals surface area contributed by atoms with Crippen molar-refractivity contribution in [1.29, 1.82) is 0 Å². The number of nitrogens with one attached hydrogen (secondary N) is 1. The molecule has 0 radical (unpaired) electrons. The van der Waals surface area contributed by atoms with E-state index in [1.165, 1.54) is 0 Å². The van der Waals surface area contributed by atoms with Gasteiger partial charge in [-0.05, 0) is 18.1 Å². The fourth-order valence-electron chi connectivity index (χ4n) is 1.62. The van der Waals surface area contributed by atoms with Crippen LogP contribution in [0.25, 0.3) is 0 Å². The molecule has 0 aliphatic heterocycles. The van der Waals surface area contributed by atoms with E-state index < -0.39 is 0 Å². The van der Waals surface area contributed by atoms with Crippen molar-refractivity contribution in [3.8, 4) is 0 Å². The molecule has 2 rings (SSSR count). The number of aromatic nitrogens is 2. The van der Waals surface area contributed by atoms with Gasteiger partial charge >= 0.3 is 0 Å². The van der Waals surface area contributed by atoms with Crippen LogP contribution in [0.3, 0.4) is 0 Å². The maximum absolute atomic E-state index is 6.11. The first-order valence-corrected chi connectivity index (χ1v) is 5.64. The molecule has 1 aromatic carbocycles. The summed E-state index contributed by atoms with van der Waals surface area (Å²) in [5.74, 6) is 5.54. The van der Waals surface area contributed by atoms with Crippen molar-refractivity contribution in [3.05, 3.63) is 59.1 Å². The molecular weight excluding hydrogens is 236 g/mol. The molecule has 1 unspecified atom stereocenters. The summed E-state index contributed by atoms with van der Waals surface area (Å²) in [6.45, 7) is 0. The van der Waals surface area contributed by atoms with E-state index in [1.807, 2.05) is 24.3 Å². The highest BCUT2D eigenvalue weighted by atomic mass is 35.5. The summed E-state index contributed by atoms with van der Waals surface area (Å²) in [7, 11) is 0. The van der Waals surface area contributed by atoms with Gasteiger partial charge in [-0.1, -0.05) is 29.8 Å². The molecule has 0 aliphatic carbocycles. The Bertz CT molecular complexity index is 475. The average molecular weight is 249 g/mol. The summed E-state index contributed by atoms with van der Waals surface area (Å²) in [6, 6.07) is 7.60. The Balaban J connectivity index is 2.19. The molecule has 0 bridgehead atoms. The van der Waals surface area contributed by atoms with Crippen molar-refractivity contribution in [3.63, 3.8) is 0 Å². The van der Waals surface area contributed by atoms with Crippen LogP contribution in [0.5, 0.6) is 0 Å². The van der Waals surface area contributed by atoms with Gasteiger partial charge in [0.1, 0.15) is 0 Å². The van der Waals surface area contributed by atoms with Crippen LogP contribution in [-0.2, 0) is 6.42 Å². The molecule has 5 heteroatoms. The van der Waals surface area contributed by atoms with Crippen molar-refractivity contribution >= 4 is 11.6 Å². The Hall–Kier alpha value is -1.49. The number of nitrogens with two attached hydrogens (primary N) is 1. The largest absolute Gasteiger partial charge is 0.271 e. The Morgan fingerprint density at radius 2 is 2.12 bits per heavy atom. The Labute approximate surface area is 105 Å². The number of nitrogens with zero attached hydrogens (tertiary/aromatic N) is 2. The van der Waals surface area contributed by atoms with Gasteiger partial charge in [0.15, 0.2) is 0 Å². The van der Waals surface area contributed by atoms with E-state index in [9.17, 15) is 0 Å². The molecule has 0 saturated heterocycles. The molecule has 2 aromatic rings. The van der Waals surface area contributed by atoms with E-state index in [4.69, 9.17) is 17.4 Å². The third-order valence-electron chi connectivity index (χ3n) is 2.52.